The molecule has 0 aromatic heterocycles. The molecule has 4 heteroatoms. The number of hydrogen-bond acceptors (Lipinski definition) is 3. The van der Waals surface area contributed by atoms with Gasteiger partial charge in [0.1, 0.15) is 6.10 Å². The normalized spacial score (nSPS) is 29.8. The third-order valence-electron chi connectivity index (χ3n) is 2.41. The Kier molecular flexibility index (Phi) is 3.34. The van der Waals surface area contributed by atoms with Gasteiger partial charge in [-0.15, -0.1) is 0 Å². The molecule has 1 aliphatic rings. The third kappa shape index (κ3) is 2.37. The molecule has 12 heavy (non-hydrogen) atoms. The van der Waals surface area contributed by atoms with Crippen LogP contribution < -0.4 is 11.5 Å². The van der Waals surface area contributed by atoms with Crippen LogP contribution in [0.15, 0.2) is 0 Å². The Balaban J connectivity index is 2.41. The zero-order valence-corrected chi connectivity index (χ0v) is 7.16. The fraction of sp³-hybridized carbons (Fsp3) is 0.875. The number of hydrogen-bond donors (Lipinski definition) is 2. The second-order valence-corrected chi connectivity index (χ2v) is 3.26. The van der Waals surface area contributed by atoms with Crippen molar-refractivity contribution in [1.29, 1.82) is 0 Å². The summed E-state index contributed by atoms with van der Waals surface area (Å²) in [6.07, 6.45) is 3.52. The number of rotatable bonds is 2. The highest BCUT2D eigenvalue weighted by Gasteiger charge is 2.26. The predicted molar refractivity (Wildman–Crippen MR) is 45.5 cm³/mol. The van der Waals surface area contributed by atoms with Crippen molar-refractivity contribution in [2.45, 2.75) is 31.8 Å². The fourth-order valence-corrected chi connectivity index (χ4v) is 1.75. The monoisotopic (exact) mass is 172 g/mol. The van der Waals surface area contributed by atoms with Gasteiger partial charge in [-0.05, 0) is 25.8 Å². The molecule has 0 radical (unpaired) electrons. The van der Waals surface area contributed by atoms with E-state index in [1.54, 1.807) is 0 Å². The van der Waals surface area contributed by atoms with Gasteiger partial charge in [0.15, 0.2) is 0 Å². The summed E-state index contributed by atoms with van der Waals surface area (Å²) >= 11 is 0. The molecule has 0 aliphatic heterocycles. The quantitative estimate of drug-likeness (QED) is 0.640. The maximum absolute atomic E-state index is 10.5. The molecule has 0 spiro atoms. The standard InChI is InChI=1S/C8H16N2O2/c9-5-6-3-1-2-4-7(6)12-8(10)11/h6-7H,1-5,9H2,(H2,10,11). The molecular formula is C8H16N2O2. The maximum Gasteiger partial charge on any atom is 0.404 e. The van der Waals surface area contributed by atoms with Crippen LogP contribution in [-0.4, -0.2) is 18.7 Å². The summed E-state index contributed by atoms with van der Waals surface area (Å²) in [5.41, 5.74) is 10.5. The van der Waals surface area contributed by atoms with E-state index in [0.29, 0.717) is 12.5 Å². The Morgan fingerprint density at radius 1 is 1.42 bits per heavy atom. The molecule has 0 aromatic carbocycles. The van der Waals surface area contributed by atoms with Crippen LogP contribution in [0.5, 0.6) is 0 Å². The van der Waals surface area contributed by atoms with Crippen molar-refractivity contribution >= 4 is 6.09 Å². The number of carbonyl (C=O) groups is 1. The second kappa shape index (κ2) is 4.30. The van der Waals surface area contributed by atoms with Crippen LogP contribution in [-0.2, 0) is 4.74 Å². The van der Waals surface area contributed by atoms with Gasteiger partial charge in [-0.2, -0.15) is 0 Å². The summed E-state index contributed by atoms with van der Waals surface area (Å²) in [7, 11) is 0. The number of carbonyl (C=O) groups excluding carboxylic acids is 1. The van der Waals surface area contributed by atoms with Gasteiger partial charge < -0.3 is 16.2 Å². The van der Waals surface area contributed by atoms with E-state index in [2.05, 4.69) is 0 Å². The molecule has 2 atom stereocenters. The van der Waals surface area contributed by atoms with E-state index in [4.69, 9.17) is 16.2 Å². The number of nitrogens with two attached hydrogens (primary N) is 2. The average molecular weight is 172 g/mol. The molecule has 0 aromatic rings. The lowest BCUT2D eigenvalue weighted by Gasteiger charge is -2.29. The molecule has 70 valence electrons. The molecule has 0 saturated heterocycles. The SMILES string of the molecule is NCC1CCCCC1OC(N)=O. The van der Waals surface area contributed by atoms with Crippen molar-refractivity contribution in [2.24, 2.45) is 17.4 Å². The van der Waals surface area contributed by atoms with Gasteiger partial charge in [0.2, 0.25) is 0 Å². The Morgan fingerprint density at radius 2 is 2.08 bits per heavy atom. The highest BCUT2D eigenvalue weighted by Crippen LogP contribution is 2.25. The zero-order valence-electron chi connectivity index (χ0n) is 7.16. The van der Waals surface area contributed by atoms with Gasteiger partial charge in [-0.3, -0.25) is 0 Å². The predicted octanol–water partition coefficient (Wildman–Crippen LogP) is 0.599. The van der Waals surface area contributed by atoms with E-state index in [0.717, 1.165) is 19.3 Å². The van der Waals surface area contributed by atoms with E-state index in [1.165, 1.54) is 6.42 Å². The Labute approximate surface area is 72.2 Å². The van der Waals surface area contributed by atoms with E-state index in [-0.39, 0.29) is 6.10 Å². The first kappa shape index (κ1) is 9.32. The van der Waals surface area contributed by atoms with Crippen LogP contribution >= 0.6 is 0 Å². The Hall–Kier alpha value is -0.770. The largest absolute Gasteiger partial charge is 0.446 e. The molecule has 4 nitrogen and oxygen atoms in total. The molecule has 2 unspecified atom stereocenters. The minimum Gasteiger partial charge on any atom is -0.446 e. The molecule has 1 amide bonds. The van der Waals surface area contributed by atoms with Crippen LogP contribution in [0, 0.1) is 5.92 Å². The molecular weight excluding hydrogens is 156 g/mol. The molecule has 1 saturated carbocycles. The smallest absolute Gasteiger partial charge is 0.404 e. The van der Waals surface area contributed by atoms with E-state index < -0.39 is 6.09 Å². The Morgan fingerprint density at radius 3 is 2.67 bits per heavy atom. The maximum atomic E-state index is 10.5. The first-order valence-electron chi connectivity index (χ1n) is 4.40. The molecule has 0 bridgehead atoms. The summed E-state index contributed by atoms with van der Waals surface area (Å²) in [4.78, 5) is 10.5. The van der Waals surface area contributed by atoms with Crippen molar-refractivity contribution < 1.29 is 9.53 Å². The lowest BCUT2D eigenvalue weighted by Crippen LogP contribution is -2.36. The van der Waals surface area contributed by atoms with Crippen molar-refractivity contribution in [3.05, 3.63) is 0 Å². The summed E-state index contributed by atoms with van der Waals surface area (Å²) < 4.78 is 4.95. The molecule has 1 rings (SSSR count). The summed E-state index contributed by atoms with van der Waals surface area (Å²) in [5.74, 6) is 0.311. The van der Waals surface area contributed by atoms with Crippen molar-refractivity contribution in [1.82, 2.24) is 0 Å². The van der Waals surface area contributed by atoms with Crippen molar-refractivity contribution in [3.8, 4) is 0 Å². The van der Waals surface area contributed by atoms with Gasteiger partial charge in [0, 0.05) is 5.92 Å². The van der Waals surface area contributed by atoms with Gasteiger partial charge in [-0.1, -0.05) is 6.42 Å². The lowest BCUT2D eigenvalue weighted by atomic mass is 9.86. The topological polar surface area (TPSA) is 78.3 Å². The first-order chi connectivity index (χ1) is 5.74. The van der Waals surface area contributed by atoms with Crippen LogP contribution in [0.1, 0.15) is 25.7 Å². The van der Waals surface area contributed by atoms with E-state index in [1.807, 2.05) is 0 Å². The summed E-state index contributed by atoms with van der Waals surface area (Å²) in [5, 5.41) is 0. The average Bonchev–Trinajstić information content (AvgIpc) is 2.04. The van der Waals surface area contributed by atoms with Gasteiger partial charge in [0.05, 0.1) is 0 Å². The first-order valence-corrected chi connectivity index (χ1v) is 4.40. The zero-order chi connectivity index (χ0) is 8.97. The number of amides is 1. The lowest BCUT2D eigenvalue weighted by molar-refractivity contribution is 0.0461. The Bertz CT molecular complexity index is 161. The minimum atomic E-state index is -0.680. The summed E-state index contributed by atoms with van der Waals surface area (Å²) in [6, 6.07) is 0. The van der Waals surface area contributed by atoms with Crippen LogP contribution in [0.2, 0.25) is 0 Å². The van der Waals surface area contributed by atoms with Crippen molar-refractivity contribution in [3.63, 3.8) is 0 Å². The number of ether oxygens (including phenoxy) is 1. The molecule has 0 heterocycles. The summed E-state index contributed by atoms with van der Waals surface area (Å²) in [6.45, 7) is 0.581. The molecule has 1 aliphatic carbocycles. The third-order valence-corrected chi connectivity index (χ3v) is 2.41. The van der Waals surface area contributed by atoms with Gasteiger partial charge in [-0.25, -0.2) is 4.79 Å². The van der Waals surface area contributed by atoms with E-state index >= 15 is 0 Å². The van der Waals surface area contributed by atoms with Crippen LogP contribution in [0.4, 0.5) is 4.79 Å². The highest BCUT2D eigenvalue weighted by atomic mass is 16.6. The second-order valence-electron chi connectivity index (χ2n) is 3.26. The number of primary amides is 1. The molecule has 4 N–H and O–H groups in total. The van der Waals surface area contributed by atoms with Gasteiger partial charge >= 0.3 is 6.09 Å². The van der Waals surface area contributed by atoms with Crippen LogP contribution in [0.25, 0.3) is 0 Å². The van der Waals surface area contributed by atoms with Crippen LogP contribution in [0.3, 0.4) is 0 Å². The van der Waals surface area contributed by atoms with Gasteiger partial charge in [0.25, 0.3) is 0 Å². The van der Waals surface area contributed by atoms with E-state index in [9.17, 15) is 4.79 Å². The fourth-order valence-electron chi connectivity index (χ4n) is 1.75. The minimum absolute atomic E-state index is 0.0405. The highest BCUT2D eigenvalue weighted by molar-refractivity contribution is 5.64. The van der Waals surface area contributed by atoms with Crippen molar-refractivity contribution in [2.75, 3.05) is 6.54 Å². The molecule has 1 fully saturated rings.